The highest BCUT2D eigenvalue weighted by Crippen LogP contribution is 2.32. The molecule has 0 radical (unpaired) electrons. The lowest BCUT2D eigenvalue weighted by Crippen LogP contribution is -2.20. The molecule has 0 bridgehead atoms. The van der Waals surface area contributed by atoms with Crippen LogP contribution in [0.1, 0.15) is 291 Å². The molecule has 1 unspecified atom stereocenters. The third-order valence-electron chi connectivity index (χ3n) is 13.5. The first-order valence-electron chi connectivity index (χ1n) is 26.8. The van der Waals surface area contributed by atoms with Gasteiger partial charge in [-0.05, 0) is 108 Å². The van der Waals surface area contributed by atoms with Crippen LogP contribution in [0, 0.1) is 17.8 Å². The number of hydrogen-bond acceptors (Lipinski definition) is 1. The maximum Gasteiger partial charge on any atom is -0.00218 e. The first-order valence-corrected chi connectivity index (χ1v) is 26.8. The molecule has 338 valence electrons. The number of unbranched alkanes of at least 4 members (excludes halogenated alkanes) is 29. The van der Waals surface area contributed by atoms with Crippen LogP contribution in [-0.2, 0) is 0 Å². The first-order chi connectivity index (χ1) is 28.0. The molecule has 0 aliphatic heterocycles. The molecule has 0 amide bonds. The molecule has 1 atom stereocenters. The highest BCUT2D eigenvalue weighted by Gasteiger charge is 2.20. The number of hydrogen-bond donors (Lipinski definition) is 0. The summed E-state index contributed by atoms with van der Waals surface area (Å²) in [6.07, 6.45) is 61.3. The van der Waals surface area contributed by atoms with Gasteiger partial charge in [-0.2, -0.15) is 0 Å². The zero-order valence-electron chi connectivity index (χ0n) is 40.7. The fourth-order valence-corrected chi connectivity index (χ4v) is 9.29. The fraction of sp³-hybridized carbons (Fsp3) is 0.911. The summed E-state index contributed by atoms with van der Waals surface area (Å²) in [7, 11) is 2.35. The van der Waals surface area contributed by atoms with Gasteiger partial charge in [0.2, 0.25) is 0 Å². The Labute approximate surface area is 363 Å². The maximum atomic E-state index is 4.19. The molecule has 1 heteroatoms. The molecule has 1 nitrogen and oxygen atoms in total. The highest BCUT2D eigenvalue weighted by molar-refractivity contribution is 5.05. The van der Waals surface area contributed by atoms with Crippen LogP contribution in [0.15, 0.2) is 30.0 Å². The normalized spacial score (nSPS) is 12.5. The Balaban J connectivity index is 4.18. The van der Waals surface area contributed by atoms with Crippen molar-refractivity contribution >= 4 is 0 Å². The van der Waals surface area contributed by atoms with Crippen LogP contribution >= 0.6 is 0 Å². The van der Waals surface area contributed by atoms with Crippen molar-refractivity contribution in [3.63, 3.8) is 0 Å². The number of allylic oxidation sites excluding steroid dienone is 3. The Hall–Kier alpha value is -0.780. The molecule has 0 N–H and O–H groups in total. The van der Waals surface area contributed by atoms with Crippen LogP contribution < -0.4 is 0 Å². The predicted octanol–water partition coefficient (Wildman–Crippen LogP) is 19.7. The quantitative estimate of drug-likeness (QED) is 0.0337. The minimum absolute atomic E-state index is 0.663. The summed E-state index contributed by atoms with van der Waals surface area (Å²) >= 11 is 0. The molecule has 0 aliphatic rings. The molecule has 0 aromatic heterocycles. The van der Waals surface area contributed by atoms with Crippen LogP contribution in [0.5, 0.6) is 0 Å². The minimum Gasteiger partial charge on any atom is -0.306 e. The van der Waals surface area contributed by atoms with Gasteiger partial charge in [-0.3, -0.25) is 0 Å². The van der Waals surface area contributed by atoms with Gasteiger partial charge >= 0.3 is 0 Å². The molecule has 0 rings (SSSR count). The second kappa shape index (κ2) is 46.3. The van der Waals surface area contributed by atoms with Crippen molar-refractivity contribution in [2.75, 3.05) is 20.1 Å². The van der Waals surface area contributed by atoms with Gasteiger partial charge in [0.05, 0.1) is 0 Å². The third kappa shape index (κ3) is 39.1. The molecule has 0 heterocycles. The monoisotopic (exact) mass is 796 g/mol. The summed E-state index contributed by atoms with van der Waals surface area (Å²) in [5, 5.41) is 0. The van der Waals surface area contributed by atoms with Crippen LogP contribution in [0.2, 0.25) is 0 Å². The molecular formula is C56H109N. The van der Waals surface area contributed by atoms with E-state index in [9.17, 15) is 0 Å². The number of rotatable bonds is 47. The Morgan fingerprint density at radius 2 is 0.807 bits per heavy atom. The first kappa shape index (κ1) is 56.2. The van der Waals surface area contributed by atoms with Crippen molar-refractivity contribution in [2.45, 2.75) is 291 Å². The van der Waals surface area contributed by atoms with Gasteiger partial charge in [-0.25, -0.2) is 0 Å². The lowest BCUT2D eigenvalue weighted by atomic mass is 9.79. The summed E-state index contributed by atoms with van der Waals surface area (Å²) in [5.74, 6) is 2.34. The van der Waals surface area contributed by atoms with Gasteiger partial charge in [-0.1, -0.05) is 246 Å². The Kier molecular flexibility index (Phi) is 45.7. The molecule has 0 aromatic carbocycles. The second-order valence-electron chi connectivity index (χ2n) is 19.0. The molecule has 57 heavy (non-hydrogen) atoms. The van der Waals surface area contributed by atoms with Crippen molar-refractivity contribution in [2.24, 2.45) is 17.8 Å². The predicted molar refractivity (Wildman–Crippen MR) is 263 cm³/mol. The van der Waals surface area contributed by atoms with Crippen LogP contribution in [-0.4, -0.2) is 25.0 Å². The SMILES string of the molecule is C=C=C(CCCCCCCN(C)CCCCCCC/C=C/C(CCCCCCCC)CCCCCCCC)C(C)C(CCCCCCCC)CCCCCCCC. The van der Waals surface area contributed by atoms with Crippen LogP contribution in [0.4, 0.5) is 0 Å². The average Bonchev–Trinajstić information content (AvgIpc) is 3.21. The molecule has 0 saturated heterocycles. The summed E-state index contributed by atoms with van der Waals surface area (Å²) in [6, 6.07) is 0. The second-order valence-corrected chi connectivity index (χ2v) is 19.0. The van der Waals surface area contributed by atoms with E-state index in [0.29, 0.717) is 5.92 Å². The summed E-state index contributed by atoms with van der Waals surface area (Å²) < 4.78 is 0. The van der Waals surface area contributed by atoms with Gasteiger partial charge in [0.15, 0.2) is 0 Å². The van der Waals surface area contributed by atoms with Gasteiger partial charge in [0.1, 0.15) is 0 Å². The van der Waals surface area contributed by atoms with Crippen molar-refractivity contribution in [1.29, 1.82) is 0 Å². The molecule has 0 spiro atoms. The molecule has 0 aromatic rings. The van der Waals surface area contributed by atoms with Gasteiger partial charge in [0, 0.05) is 0 Å². The minimum atomic E-state index is 0.663. The Bertz CT molecular complexity index is 817. The maximum absolute atomic E-state index is 4.19. The van der Waals surface area contributed by atoms with Crippen molar-refractivity contribution < 1.29 is 0 Å². The summed E-state index contributed by atoms with van der Waals surface area (Å²) in [4.78, 5) is 2.60. The fourth-order valence-electron chi connectivity index (χ4n) is 9.29. The van der Waals surface area contributed by atoms with E-state index >= 15 is 0 Å². The third-order valence-corrected chi connectivity index (χ3v) is 13.5. The van der Waals surface area contributed by atoms with E-state index in [2.05, 4.69) is 71.0 Å². The topological polar surface area (TPSA) is 3.24 Å². The average molecular weight is 796 g/mol. The van der Waals surface area contributed by atoms with Crippen molar-refractivity contribution in [1.82, 2.24) is 4.90 Å². The summed E-state index contributed by atoms with van der Waals surface area (Å²) in [6.45, 7) is 18.6. The molecule has 0 fully saturated rings. The van der Waals surface area contributed by atoms with E-state index < -0.39 is 0 Å². The molecular weight excluding hydrogens is 687 g/mol. The zero-order valence-corrected chi connectivity index (χ0v) is 40.7. The van der Waals surface area contributed by atoms with Gasteiger partial charge < -0.3 is 4.90 Å². The Morgan fingerprint density at radius 1 is 0.456 bits per heavy atom. The van der Waals surface area contributed by atoms with E-state index in [1.807, 2.05) is 0 Å². The largest absolute Gasteiger partial charge is 0.306 e. The van der Waals surface area contributed by atoms with Gasteiger partial charge in [0.25, 0.3) is 0 Å². The van der Waals surface area contributed by atoms with Crippen LogP contribution in [0.25, 0.3) is 0 Å². The molecule has 0 saturated carbocycles. The lowest BCUT2D eigenvalue weighted by molar-refractivity contribution is 0.313. The standard InChI is InChI=1S/C56H109N/c1-8-13-17-21-29-37-45-54(46-38-30-22-18-14-9-2)47-39-31-26-25-27-35-43-51-57(7)52-44-36-28-34-40-48-55(12-5)53(6)56(49-41-32-23-19-15-10-3)50-42-33-24-20-16-11-4/h39,47,53-54,56H,5,8-11,13-38,40-46,48-52H2,1-4,6-7H3/b47-39+. The van der Waals surface area contributed by atoms with E-state index in [-0.39, 0.29) is 0 Å². The van der Waals surface area contributed by atoms with Crippen molar-refractivity contribution in [3.8, 4) is 0 Å². The van der Waals surface area contributed by atoms with E-state index in [1.54, 1.807) is 5.57 Å². The van der Waals surface area contributed by atoms with Gasteiger partial charge in [-0.15, -0.1) is 5.73 Å². The zero-order chi connectivity index (χ0) is 41.7. The van der Waals surface area contributed by atoms with Crippen molar-refractivity contribution in [3.05, 3.63) is 30.0 Å². The molecule has 0 aliphatic carbocycles. The number of nitrogens with zero attached hydrogens (tertiary/aromatic N) is 1. The van der Waals surface area contributed by atoms with E-state index in [4.69, 9.17) is 0 Å². The van der Waals surface area contributed by atoms with E-state index in [0.717, 1.165) is 11.8 Å². The summed E-state index contributed by atoms with van der Waals surface area (Å²) in [5.41, 5.74) is 5.00. The Morgan fingerprint density at radius 3 is 1.23 bits per heavy atom. The smallest absolute Gasteiger partial charge is 0.00218 e. The van der Waals surface area contributed by atoms with E-state index in [1.165, 1.54) is 270 Å². The lowest BCUT2D eigenvalue weighted by Gasteiger charge is -2.26. The highest BCUT2D eigenvalue weighted by atomic mass is 15.1. The van der Waals surface area contributed by atoms with Crippen LogP contribution in [0.3, 0.4) is 0 Å².